The van der Waals surface area contributed by atoms with Gasteiger partial charge in [0.2, 0.25) is 5.82 Å². The number of anilines is 1. The highest BCUT2D eigenvalue weighted by atomic mass is 19.2. The summed E-state index contributed by atoms with van der Waals surface area (Å²) in [5, 5.41) is 11.8. The Morgan fingerprint density at radius 2 is 1.15 bits per heavy atom. The van der Waals surface area contributed by atoms with Crippen molar-refractivity contribution in [3.63, 3.8) is 0 Å². The number of benzene rings is 3. The van der Waals surface area contributed by atoms with E-state index in [2.05, 4.69) is 25.7 Å². The molecular weight excluding hydrogens is 441 g/mol. The lowest BCUT2D eigenvalue weighted by Crippen LogP contribution is -2.13. The molecule has 0 saturated heterocycles. The zero-order valence-electron chi connectivity index (χ0n) is 17.0. The number of hydrazone groups is 1. The summed E-state index contributed by atoms with van der Waals surface area (Å²) in [6.07, 6.45) is 0. The average Bonchev–Trinajstić information content (AvgIpc) is 2.86. The number of halogens is 5. The molecule has 33 heavy (non-hydrogen) atoms. The first-order valence-electron chi connectivity index (χ1n) is 9.56. The van der Waals surface area contributed by atoms with Gasteiger partial charge >= 0.3 is 0 Å². The second kappa shape index (κ2) is 9.11. The lowest BCUT2D eigenvalue weighted by molar-refractivity contribution is 0.377. The molecular formula is C23H14F5N5. The quantitative estimate of drug-likeness (QED) is 0.137. The first-order chi connectivity index (χ1) is 15.9. The molecule has 166 valence electrons. The van der Waals surface area contributed by atoms with Crippen molar-refractivity contribution >= 4 is 11.7 Å². The van der Waals surface area contributed by atoms with E-state index in [-0.39, 0.29) is 5.95 Å². The molecule has 5 nitrogen and oxygen atoms in total. The molecule has 1 heterocycles. The van der Waals surface area contributed by atoms with E-state index >= 15 is 0 Å². The highest BCUT2D eigenvalue weighted by Gasteiger charge is 2.27. The van der Waals surface area contributed by atoms with Crippen molar-refractivity contribution in [2.24, 2.45) is 5.10 Å². The average molecular weight is 455 g/mol. The van der Waals surface area contributed by atoms with Crippen molar-refractivity contribution in [2.75, 3.05) is 5.43 Å². The molecule has 0 aliphatic heterocycles. The highest BCUT2D eigenvalue weighted by molar-refractivity contribution is 5.99. The van der Waals surface area contributed by atoms with E-state index in [1.54, 1.807) is 0 Å². The fourth-order valence-corrected chi connectivity index (χ4v) is 3.07. The molecule has 0 aliphatic rings. The molecule has 0 aliphatic carbocycles. The van der Waals surface area contributed by atoms with Crippen LogP contribution < -0.4 is 5.43 Å². The van der Waals surface area contributed by atoms with Gasteiger partial charge in [0.05, 0.1) is 11.3 Å². The SMILES string of the molecule is C/C(=N\Nc1nnc(-c2ccccc2)c(-c2ccccc2)n1)c1c(F)c(F)c(F)c(F)c1F. The zero-order chi connectivity index (χ0) is 23.5. The van der Waals surface area contributed by atoms with E-state index in [1.807, 2.05) is 60.7 Å². The molecule has 1 N–H and O–H groups in total. The van der Waals surface area contributed by atoms with E-state index in [1.165, 1.54) is 0 Å². The number of nitrogens with zero attached hydrogens (tertiary/aromatic N) is 4. The topological polar surface area (TPSA) is 63.1 Å². The Bertz CT molecular complexity index is 1320. The Kier molecular flexibility index (Phi) is 6.07. The fourth-order valence-electron chi connectivity index (χ4n) is 3.07. The van der Waals surface area contributed by atoms with Crippen molar-refractivity contribution in [1.82, 2.24) is 15.2 Å². The third kappa shape index (κ3) is 4.27. The minimum Gasteiger partial charge on any atom is -0.244 e. The molecule has 4 rings (SSSR count). The number of aromatic nitrogens is 3. The molecule has 3 aromatic carbocycles. The molecule has 0 atom stereocenters. The largest absolute Gasteiger partial charge is 0.263 e. The van der Waals surface area contributed by atoms with E-state index in [9.17, 15) is 22.0 Å². The maximum absolute atomic E-state index is 14.0. The predicted octanol–water partition coefficient (Wildman–Crippen LogP) is 5.74. The van der Waals surface area contributed by atoms with Gasteiger partial charge in [-0.15, -0.1) is 10.2 Å². The lowest BCUT2D eigenvalue weighted by Gasteiger charge is -2.10. The van der Waals surface area contributed by atoms with Crippen LogP contribution in [0.4, 0.5) is 27.9 Å². The molecule has 0 unspecified atom stereocenters. The maximum atomic E-state index is 14.0. The molecule has 4 aromatic rings. The van der Waals surface area contributed by atoms with Crippen LogP contribution in [0.5, 0.6) is 0 Å². The van der Waals surface area contributed by atoms with Gasteiger partial charge < -0.3 is 0 Å². The van der Waals surface area contributed by atoms with Gasteiger partial charge in [-0.3, -0.25) is 0 Å². The Morgan fingerprint density at radius 3 is 1.70 bits per heavy atom. The first-order valence-corrected chi connectivity index (χ1v) is 9.56. The Morgan fingerprint density at radius 1 is 0.667 bits per heavy atom. The molecule has 0 saturated carbocycles. The van der Waals surface area contributed by atoms with Gasteiger partial charge in [-0.2, -0.15) is 5.10 Å². The molecule has 1 aromatic heterocycles. The van der Waals surface area contributed by atoms with Crippen LogP contribution in [0, 0.1) is 29.1 Å². The third-order valence-corrected chi connectivity index (χ3v) is 4.68. The van der Waals surface area contributed by atoms with Crippen molar-refractivity contribution in [1.29, 1.82) is 0 Å². The molecule has 0 bridgehead atoms. The highest BCUT2D eigenvalue weighted by Crippen LogP contribution is 2.29. The van der Waals surface area contributed by atoms with Crippen LogP contribution in [0.3, 0.4) is 0 Å². The smallest absolute Gasteiger partial charge is 0.244 e. The predicted molar refractivity (Wildman–Crippen MR) is 113 cm³/mol. The Balaban J connectivity index is 1.74. The minimum absolute atomic E-state index is 0.142. The lowest BCUT2D eigenvalue weighted by atomic mass is 10.0. The van der Waals surface area contributed by atoms with E-state index < -0.39 is 40.4 Å². The van der Waals surface area contributed by atoms with Crippen LogP contribution in [-0.4, -0.2) is 20.9 Å². The second-order valence-electron chi connectivity index (χ2n) is 6.82. The summed E-state index contributed by atoms with van der Waals surface area (Å²) < 4.78 is 68.4. The summed E-state index contributed by atoms with van der Waals surface area (Å²) in [5.74, 6) is -10.5. The summed E-state index contributed by atoms with van der Waals surface area (Å²) in [7, 11) is 0. The van der Waals surface area contributed by atoms with Crippen molar-refractivity contribution in [3.8, 4) is 22.5 Å². The van der Waals surface area contributed by atoms with E-state index in [0.717, 1.165) is 18.1 Å². The summed E-state index contributed by atoms with van der Waals surface area (Å²) in [6.45, 7) is 1.08. The molecule has 0 amide bonds. The maximum Gasteiger partial charge on any atom is 0.263 e. The van der Waals surface area contributed by atoms with Crippen molar-refractivity contribution in [2.45, 2.75) is 6.92 Å². The van der Waals surface area contributed by atoms with Crippen molar-refractivity contribution in [3.05, 3.63) is 95.3 Å². The van der Waals surface area contributed by atoms with E-state index in [4.69, 9.17) is 0 Å². The van der Waals surface area contributed by atoms with Crippen LogP contribution in [0.2, 0.25) is 0 Å². The summed E-state index contributed by atoms with van der Waals surface area (Å²) in [6, 6.07) is 18.2. The number of nitrogens with one attached hydrogen (secondary N) is 1. The standard InChI is InChI=1S/C23H14F5N5/c1-12(15-16(24)18(26)20(28)19(27)17(15)25)30-32-23-29-21(13-8-4-2-5-9-13)22(31-33-23)14-10-6-3-7-11-14/h2-11H,1H3,(H,29,32,33)/b30-12+. The Labute approximate surface area is 184 Å². The Hall–Kier alpha value is -4.21. The van der Waals surface area contributed by atoms with Gasteiger partial charge in [0.15, 0.2) is 23.3 Å². The van der Waals surface area contributed by atoms with Gasteiger partial charge in [-0.1, -0.05) is 60.7 Å². The number of rotatable bonds is 5. The van der Waals surface area contributed by atoms with Gasteiger partial charge in [0.25, 0.3) is 5.95 Å². The second-order valence-corrected chi connectivity index (χ2v) is 6.82. The molecule has 0 radical (unpaired) electrons. The third-order valence-electron chi connectivity index (χ3n) is 4.68. The summed E-state index contributed by atoms with van der Waals surface area (Å²) in [5.41, 5.74) is 3.11. The molecule has 10 heteroatoms. The summed E-state index contributed by atoms with van der Waals surface area (Å²) in [4.78, 5) is 4.39. The normalized spacial score (nSPS) is 11.5. The van der Waals surface area contributed by atoms with Crippen LogP contribution in [-0.2, 0) is 0 Å². The first kappa shape index (κ1) is 22.0. The number of hydrogen-bond donors (Lipinski definition) is 1. The van der Waals surface area contributed by atoms with E-state index in [0.29, 0.717) is 11.4 Å². The number of hydrogen-bond acceptors (Lipinski definition) is 5. The van der Waals surface area contributed by atoms with Gasteiger partial charge in [0, 0.05) is 11.1 Å². The monoisotopic (exact) mass is 455 g/mol. The molecule has 0 fully saturated rings. The van der Waals surface area contributed by atoms with Crippen LogP contribution >= 0.6 is 0 Å². The van der Waals surface area contributed by atoms with Crippen LogP contribution in [0.15, 0.2) is 65.8 Å². The van der Waals surface area contributed by atoms with Gasteiger partial charge in [-0.05, 0) is 6.92 Å². The fraction of sp³-hybridized carbons (Fsp3) is 0.0435. The zero-order valence-corrected chi connectivity index (χ0v) is 17.0. The van der Waals surface area contributed by atoms with Gasteiger partial charge in [-0.25, -0.2) is 32.4 Å². The van der Waals surface area contributed by atoms with Crippen molar-refractivity contribution < 1.29 is 22.0 Å². The summed E-state index contributed by atoms with van der Waals surface area (Å²) >= 11 is 0. The molecule has 0 spiro atoms. The van der Waals surface area contributed by atoms with Crippen LogP contribution in [0.1, 0.15) is 12.5 Å². The van der Waals surface area contributed by atoms with Crippen LogP contribution in [0.25, 0.3) is 22.5 Å². The van der Waals surface area contributed by atoms with Gasteiger partial charge in [0.1, 0.15) is 11.4 Å². The minimum atomic E-state index is -2.24.